The van der Waals surface area contributed by atoms with Crippen LogP contribution in [0.15, 0.2) is 12.7 Å². The van der Waals surface area contributed by atoms with Gasteiger partial charge in [-0.1, -0.05) is 6.58 Å². The predicted molar refractivity (Wildman–Crippen MR) is 34.0 cm³/mol. The molecule has 0 spiro atoms. The number of hydrogen-bond acceptors (Lipinski definition) is 4. The van der Waals surface area contributed by atoms with E-state index in [2.05, 4.69) is 11.3 Å². The van der Waals surface area contributed by atoms with Crippen LogP contribution in [0.25, 0.3) is 0 Å². The van der Waals surface area contributed by atoms with Gasteiger partial charge >= 0.3 is 5.97 Å². The van der Waals surface area contributed by atoms with Gasteiger partial charge in [-0.3, -0.25) is 0 Å². The van der Waals surface area contributed by atoms with Crippen LogP contribution >= 0.6 is 0 Å². The SMILES string of the molecule is C=CC(=O)OCC(C)(O)O. The Labute approximate surface area is 58.7 Å². The molecule has 0 aliphatic carbocycles. The third kappa shape index (κ3) is 5.27. The molecule has 0 aromatic carbocycles. The summed E-state index contributed by atoms with van der Waals surface area (Å²) in [5, 5.41) is 17.2. The number of hydrogen-bond donors (Lipinski definition) is 2. The first-order valence-electron chi connectivity index (χ1n) is 2.69. The van der Waals surface area contributed by atoms with Gasteiger partial charge < -0.3 is 14.9 Å². The molecule has 0 saturated carbocycles. The minimum atomic E-state index is -1.96. The molecule has 0 unspecified atom stereocenters. The minimum absolute atomic E-state index is 0.447. The molecule has 58 valence electrons. The van der Waals surface area contributed by atoms with Crippen LogP contribution in [0.5, 0.6) is 0 Å². The zero-order valence-electron chi connectivity index (χ0n) is 5.70. The van der Waals surface area contributed by atoms with Crippen molar-refractivity contribution in [2.24, 2.45) is 0 Å². The van der Waals surface area contributed by atoms with Gasteiger partial charge in [0, 0.05) is 6.08 Å². The molecule has 4 nitrogen and oxygen atoms in total. The molecule has 0 rings (SSSR count). The topological polar surface area (TPSA) is 66.8 Å². The molecule has 0 atom stereocenters. The summed E-state index contributed by atoms with van der Waals surface area (Å²) in [6.07, 6.45) is 0.950. The molecule has 10 heavy (non-hydrogen) atoms. The summed E-state index contributed by atoms with van der Waals surface area (Å²) in [5.41, 5.74) is 0. The summed E-state index contributed by atoms with van der Waals surface area (Å²) in [6, 6.07) is 0. The summed E-state index contributed by atoms with van der Waals surface area (Å²) in [7, 11) is 0. The van der Waals surface area contributed by atoms with Crippen LogP contribution in [-0.4, -0.2) is 28.6 Å². The van der Waals surface area contributed by atoms with E-state index in [9.17, 15) is 4.79 Å². The molecule has 2 N–H and O–H groups in total. The third-order valence-electron chi connectivity index (χ3n) is 0.655. The molecular weight excluding hydrogens is 136 g/mol. The van der Waals surface area contributed by atoms with E-state index in [1.807, 2.05) is 0 Å². The highest BCUT2D eigenvalue weighted by atomic mass is 16.6. The van der Waals surface area contributed by atoms with E-state index in [1.165, 1.54) is 0 Å². The molecule has 0 aromatic rings. The fourth-order valence-corrected chi connectivity index (χ4v) is 0.267. The van der Waals surface area contributed by atoms with Crippen LogP contribution in [0.4, 0.5) is 0 Å². The average molecular weight is 146 g/mol. The van der Waals surface area contributed by atoms with Gasteiger partial charge in [0.05, 0.1) is 0 Å². The van der Waals surface area contributed by atoms with Gasteiger partial charge in [-0.2, -0.15) is 0 Å². The molecule has 4 heteroatoms. The highest BCUT2D eigenvalue weighted by Crippen LogP contribution is 1.96. The molecule has 0 heterocycles. The van der Waals surface area contributed by atoms with Crippen LogP contribution in [0.1, 0.15) is 6.92 Å². The van der Waals surface area contributed by atoms with Gasteiger partial charge in [0.25, 0.3) is 0 Å². The Hall–Kier alpha value is -0.870. The Kier molecular flexibility index (Phi) is 3.05. The Morgan fingerprint density at radius 1 is 1.80 bits per heavy atom. The molecular formula is C6H10O4. The number of carbonyl (C=O) groups excluding carboxylic acids is 1. The van der Waals surface area contributed by atoms with E-state index in [1.54, 1.807) is 0 Å². The van der Waals surface area contributed by atoms with Gasteiger partial charge in [-0.25, -0.2) is 4.79 Å². The average Bonchev–Trinajstić information content (AvgIpc) is 1.81. The van der Waals surface area contributed by atoms with E-state index >= 15 is 0 Å². The van der Waals surface area contributed by atoms with Crippen molar-refractivity contribution >= 4 is 5.97 Å². The number of rotatable bonds is 3. The molecule has 0 aliphatic heterocycles. The molecule has 0 aliphatic rings. The number of ether oxygens (including phenoxy) is 1. The Bertz CT molecular complexity index is 133. The summed E-state index contributed by atoms with van der Waals surface area (Å²) >= 11 is 0. The monoisotopic (exact) mass is 146 g/mol. The first-order valence-corrected chi connectivity index (χ1v) is 2.69. The Morgan fingerprint density at radius 3 is 2.60 bits per heavy atom. The number of aliphatic hydroxyl groups is 2. The van der Waals surface area contributed by atoms with Gasteiger partial charge in [0.1, 0.15) is 6.61 Å². The maximum absolute atomic E-state index is 10.3. The van der Waals surface area contributed by atoms with Gasteiger partial charge in [0.15, 0.2) is 5.79 Å². The van der Waals surface area contributed by atoms with Gasteiger partial charge in [0.2, 0.25) is 0 Å². The molecule has 0 bridgehead atoms. The van der Waals surface area contributed by atoms with E-state index in [0.717, 1.165) is 13.0 Å². The summed E-state index contributed by atoms with van der Waals surface area (Å²) in [5.74, 6) is -2.63. The zero-order chi connectivity index (χ0) is 8.20. The second-order valence-corrected chi connectivity index (χ2v) is 2.03. The van der Waals surface area contributed by atoms with Crippen molar-refractivity contribution in [3.8, 4) is 0 Å². The lowest BCUT2D eigenvalue weighted by atomic mass is 10.4. The highest BCUT2D eigenvalue weighted by molar-refractivity contribution is 5.81. The quantitative estimate of drug-likeness (QED) is 0.317. The maximum Gasteiger partial charge on any atom is 0.330 e. The predicted octanol–water partition coefficient (Wildman–Crippen LogP) is -0.584. The molecule has 0 amide bonds. The van der Waals surface area contributed by atoms with Crippen molar-refractivity contribution in [2.45, 2.75) is 12.7 Å². The fraction of sp³-hybridized carbons (Fsp3) is 0.500. The minimum Gasteiger partial charge on any atom is -0.457 e. The number of esters is 1. The molecule has 0 fully saturated rings. The van der Waals surface area contributed by atoms with Crippen molar-refractivity contribution in [1.29, 1.82) is 0 Å². The van der Waals surface area contributed by atoms with Crippen LogP contribution in [-0.2, 0) is 9.53 Å². The van der Waals surface area contributed by atoms with Crippen LogP contribution in [0, 0.1) is 0 Å². The standard InChI is InChI=1S/C6H10O4/c1-3-5(7)10-4-6(2,8)9/h3,8-9H,1,4H2,2H3. The van der Waals surface area contributed by atoms with Crippen molar-refractivity contribution in [3.05, 3.63) is 12.7 Å². The maximum atomic E-state index is 10.3. The van der Waals surface area contributed by atoms with Crippen LogP contribution < -0.4 is 0 Å². The summed E-state index contributed by atoms with van der Waals surface area (Å²) in [6.45, 7) is 3.79. The zero-order valence-corrected chi connectivity index (χ0v) is 5.70. The van der Waals surface area contributed by atoms with Crippen molar-refractivity contribution in [1.82, 2.24) is 0 Å². The highest BCUT2D eigenvalue weighted by Gasteiger charge is 2.16. The van der Waals surface area contributed by atoms with Crippen molar-refractivity contribution in [2.75, 3.05) is 6.61 Å². The van der Waals surface area contributed by atoms with Crippen LogP contribution in [0.3, 0.4) is 0 Å². The second-order valence-electron chi connectivity index (χ2n) is 2.03. The van der Waals surface area contributed by atoms with Crippen molar-refractivity contribution < 1.29 is 19.7 Å². The first-order chi connectivity index (χ1) is 4.45. The van der Waals surface area contributed by atoms with E-state index in [0.29, 0.717) is 0 Å². The smallest absolute Gasteiger partial charge is 0.330 e. The molecule has 0 saturated heterocycles. The first kappa shape index (κ1) is 9.13. The lowest BCUT2D eigenvalue weighted by Crippen LogP contribution is -2.30. The normalized spacial score (nSPS) is 10.7. The largest absolute Gasteiger partial charge is 0.457 e. The van der Waals surface area contributed by atoms with Gasteiger partial charge in [-0.05, 0) is 6.92 Å². The third-order valence-corrected chi connectivity index (χ3v) is 0.655. The van der Waals surface area contributed by atoms with E-state index in [-0.39, 0.29) is 0 Å². The fourth-order valence-electron chi connectivity index (χ4n) is 0.267. The van der Waals surface area contributed by atoms with Gasteiger partial charge in [-0.15, -0.1) is 0 Å². The second kappa shape index (κ2) is 3.34. The Balaban J connectivity index is 3.55. The van der Waals surface area contributed by atoms with Crippen LogP contribution in [0.2, 0.25) is 0 Å². The molecule has 0 aromatic heterocycles. The summed E-state index contributed by atoms with van der Waals surface area (Å²) < 4.78 is 4.30. The Morgan fingerprint density at radius 2 is 2.30 bits per heavy atom. The van der Waals surface area contributed by atoms with Crippen molar-refractivity contribution in [3.63, 3.8) is 0 Å². The molecule has 0 radical (unpaired) electrons. The van der Waals surface area contributed by atoms with E-state index in [4.69, 9.17) is 10.2 Å². The lowest BCUT2D eigenvalue weighted by Gasteiger charge is -2.14. The van der Waals surface area contributed by atoms with E-state index < -0.39 is 18.4 Å². The number of carbonyl (C=O) groups is 1. The lowest BCUT2D eigenvalue weighted by molar-refractivity contribution is -0.189. The summed E-state index contributed by atoms with van der Waals surface area (Å²) in [4.78, 5) is 10.3.